The van der Waals surface area contributed by atoms with Crippen molar-refractivity contribution in [2.45, 2.75) is 13.3 Å². The number of hydrogen-bond acceptors (Lipinski definition) is 7. The van der Waals surface area contributed by atoms with Crippen molar-refractivity contribution in [2.75, 3.05) is 27.1 Å². The van der Waals surface area contributed by atoms with Gasteiger partial charge in [-0.15, -0.1) is 0 Å². The zero-order valence-corrected chi connectivity index (χ0v) is 11.5. The minimum atomic E-state index is -0.450. The summed E-state index contributed by atoms with van der Waals surface area (Å²) < 4.78 is 20.1. The Morgan fingerprint density at radius 3 is 2.90 bits per heavy atom. The van der Waals surface area contributed by atoms with Crippen molar-refractivity contribution in [3.05, 3.63) is 18.0 Å². The highest BCUT2D eigenvalue weighted by Crippen LogP contribution is 2.28. The number of nitrogens with zero attached hydrogens (tertiary/aromatic N) is 1. The van der Waals surface area contributed by atoms with Crippen LogP contribution in [0.1, 0.15) is 23.8 Å². The van der Waals surface area contributed by atoms with Gasteiger partial charge in [0.25, 0.3) is 0 Å². The van der Waals surface area contributed by atoms with Crippen molar-refractivity contribution < 1.29 is 28.5 Å². The number of hydrogen-bond donors (Lipinski definition) is 0. The van der Waals surface area contributed by atoms with Crippen molar-refractivity contribution >= 4 is 12.3 Å². The lowest BCUT2D eigenvalue weighted by Crippen LogP contribution is -2.13. The second kappa shape index (κ2) is 8.87. The van der Waals surface area contributed by atoms with E-state index in [0.29, 0.717) is 25.2 Å². The highest BCUT2D eigenvalue weighted by Gasteiger charge is 2.12. The normalized spacial score (nSPS) is 9.90. The zero-order chi connectivity index (χ0) is 14.8. The monoisotopic (exact) mass is 283 g/mol. The minimum absolute atomic E-state index is 0.0784. The molecule has 0 saturated carbocycles. The standard InChI is InChI=1S/C13H17NO6/c1-3-18-7-5-12(16)19-9-20-13-10(8-15)14-6-4-11(13)17-2/h4,6,8H,3,5,7,9H2,1-2H3. The van der Waals surface area contributed by atoms with E-state index in [9.17, 15) is 9.59 Å². The van der Waals surface area contributed by atoms with Gasteiger partial charge in [-0.2, -0.15) is 0 Å². The Balaban J connectivity index is 2.49. The highest BCUT2D eigenvalue weighted by molar-refractivity contribution is 5.78. The van der Waals surface area contributed by atoms with Gasteiger partial charge in [-0.3, -0.25) is 9.59 Å². The van der Waals surface area contributed by atoms with Crippen LogP contribution >= 0.6 is 0 Å². The summed E-state index contributed by atoms with van der Waals surface area (Å²) in [6.07, 6.45) is 2.10. The number of rotatable bonds is 9. The first kappa shape index (κ1) is 15.9. The molecule has 110 valence electrons. The Morgan fingerprint density at radius 2 is 2.25 bits per heavy atom. The van der Waals surface area contributed by atoms with E-state index in [2.05, 4.69) is 4.98 Å². The molecule has 0 bridgehead atoms. The largest absolute Gasteiger partial charge is 0.493 e. The molecule has 0 saturated heterocycles. The summed E-state index contributed by atoms with van der Waals surface area (Å²) in [4.78, 5) is 26.0. The number of ether oxygens (including phenoxy) is 4. The first-order valence-electron chi connectivity index (χ1n) is 6.07. The van der Waals surface area contributed by atoms with E-state index < -0.39 is 5.97 Å². The van der Waals surface area contributed by atoms with Gasteiger partial charge in [0.1, 0.15) is 5.69 Å². The molecule has 0 amide bonds. The summed E-state index contributed by atoms with van der Waals surface area (Å²) in [5.74, 6) is 0.0315. The fourth-order valence-corrected chi connectivity index (χ4v) is 1.36. The predicted molar refractivity (Wildman–Crippen MR) is 68.9 cm³/mol. The van der Waals surface area contributed by atoms with Crippen LogP contribution in [-0.2, 0) is 14.3 Å². The van der Waals surface area contributed by atoms with E-state index in [0.717, 1.165) is 0 Å². The molecule has 1 rings (SSSR count). The third-order valence-corrected chi connectivity index (χ3v) is 2.31. The fraction of sp³-hybridized carbons (Fsp3) is 0.462. The molecular weight excluding hydrogens is 266 g/mol. The molecule has 7 nitrogen and oxygen atoms in total. The molecule has 0 aliphatic carbocycles. The lowest BCUT2D eigenvalue weighted by molar-refractivity contribution is -0.151. The van der Waals surface area contributed by atoms with Crippen LogP contribution in [0.25, 0.3) is 0 Å². The Kier molecular flexibility index (Phi) is 7.05. The predicted octanol–water partition coefficient (Wildman–Crippen LogP) is 1.21. The van der Waals surface area contributed by atoms with Crippen molar-refractivity contribution in [1.29, 1.82) is 0 Å². The van der Waals surface area contributed by atoms with Gasteiger partial charge in [0.15, 0.2) is 17.8 Å². The first-order chi connectivity index (χ1) is 9.72. The number of carbonyl (C=O) groups excluding carboxylic acids is 2. The number of pyridine rings is 1. The quantitative estimate of drug-likeness (QED) is 0.291. The molecule has 0 aliphatic rings. The molecule has 0 N–H and O–H groups in total. The van der Waals surface area contributed by atoms with E-state index in [-0.39, 0.29) is 24.7 Å². The second-order valence-electron chi connectivity index (χ2n) is 3.57. The third-order valence-electron chi connectivity index (χ3n) is 2.31. The maximum absolute atomic E-state index is 11.3. The van der Waals surface area contributed by atoms with E-state index >= 15 is 0 Å². The molecule has 1 heterocycles. The van der Waals surface area contributed by atoms with Crippen LogP contribution < -0.4 is 9.47 Å². The topological polar surface area (TPSA) is 84.0 Å². The van der Waals surface area contributed by atoms with Gasteiger partial charge in [-0.25, -0.2) is 4.98 Å². The molecule has 1 aromatic rings. The molecule has 0 unspecified atom stereocenters. The molecule has 0 radical (unpaired) electrons. The van der Waals surface area contributed by atoms with Crippen LogP contribution in [0.3, 0.4) is 0 Å². The first-order valence-corrected chi connectivity index (χ1v) is 6.07. The van der Waals surface area contributed by atoms with Gasteiger partial charge in [-0.1, -0.05) is 0 Å². The SMILES string of the molecule is CCOCCC(=O)OCOc1c(OC)ccnc1C=O. The summed E-state index contributed by atoms with van der Waals surface area (Å²) in [5.41, 5.74) is 0.0784. The van der Waals surface area contributed by atoms with Gasteiger partial charge in [0.05, 0.1) is 20.1 Å². The van der Waals surface area contributed by atoms with Gasteiger partial charge in [-0.05, 0) is 6.92 Å². The van der Waals surface area contributed by atoms with Crippen LogP contribution in [0, 0.1) is 0 Å². The number of esters is 1. The van der Waals surface area contributed by atoms with E-state index in [4.69, 9.17) is 18.9 Å². The molecule has 0 fully saturated rings. The van der Waals surface area contributed by atoms with E-state index in [1.54, 1.807) is 6.07 Å². The van der Waals surface area contributed by atoms with Gasteiger partial charge < -0.3 is 18.9 Å². The average molecular weight is 283 g/mol. The van der Waals surface area contributed by atoms with E-state index in [1.807, 2.05) is 6.92 Å². The van der Waals surface area contributed by atoms with Crippen LogP contribution in [0.2, 0.25) is 0 Å². The maximum atomic E-state index is 11.3. The summed E-state index contributed by atoms with van der Waals surface area (Å²) in [6.45, 7) is 2.35. The van der Waals surface area contributed by atoms with Crippen molar-refractivity contribution in [3.63, 3.8) is 0 Å². The van der Waals surface area contributed by atoms with Crippen LogP contribution in [0.5, 0.6) is 11.5 Å². The molecule has 0 aromatic carbocycles. The van der Waals surface area contributed by atoms with Gasteiger partial charge in [0, 0.05) is 18.9 Å². The zero-order valence-electron chi connectivity index (χ0n) is 11.5. The molecule has 0 spiro atoms. The third kappa shape index (κ3) is 4.85. The fourth-order valence-electron chi connectivity index (χ4n) is 1.36. The summed E-state index contributed by atoms with van der Waals surface area (Å²) in [5, 5.41) is 0. The molecule has 20 heavy (non-hydrogen) atoms. The average Bonchev–Trinajstić information content (AvgIpc) is 2.47. The summed E-state index contributed by atoms with van der Waals surface area (Å²) in [7, 11) is 1.44. The second-order valence-corrected chi connectivity index (χ2v) is 3.57. The lowest BCUT2D eigenvalue weighted by atomic mass is 10.3. The Hall–Kier alpha value is -2.15. The number of carbonyl (C=O) groups is 2. The Bertz CT molecular complexity index is 448. The molecule has 1 aromatic heterocycles. The van der Waals surface area contributed by atoms with Crippen molar-refractivity contribution in [3.8, 4) is 11.5 Å². The van der Waals surface area contributed by atoms with Gasteiger partial charge >= 0.3 is 5.97 Å². The molecule has 0 atom stereocenters. The smallest absolute Gasteiger partial charge is 0.311 e. The Morgan fingerprint density at radius 1 is 1.45 bits per heavy atom. The highest BCUT2D eigenvalue weighted by atomic mass is 16.7. The number of aldehydes is 1. The molecule has 7 heteroatoms. The van der Waals surface area contributed by atoms with E-state index in [1.165, 1.54) is 13.3 Å². The summed E-state index contributed by atoms with van der Waals surface area (Å²) in [6, 6.07) is 1.54. The Labute approximate surface area is 116 Å². The van der Waals surface area contributed by atoms with Gasteiger partial charge in [0.2, 0.25) is 6.79 Å². The number of aromatic nitrogens is 1. The lowest BCUT2D eigenvalue weighted by Gasteiger charge is -2.11. The maximum Gasteiger partial charge on any atom is 0.311 e. The van der Waals surface area contributed by atoms with Crippen LogP contribution in [-0.4, -0.2) is 44.4 Å². The van der Waals surface area contributed by atoms with Crippen LogP contribution in [0.15, 0.2) is 12.3 Å². The van der Waals surface area contributed by atoms with Crippen molar-refractivity contribution in [1.82, 2.24) is 4.98 Å². The van der Waals surface area contributed by atoms with Crippen LogP contribution in [0.4, 0.5) is 0 Å². The number of methoxy groups -OCH3 is 1. The molecular formula is C13H17NO6. The molecule has 0 aliphatic heterocycles. The summed E-state index contributed by atoms with van der Waals surface area (Å²) >= 11 is 0. The minimum Gasteiger partial charge on any atom is -0.493 e. The van der Waals surface area contributed by atoms with Crippen molar-refractivity contribution in [2.24, 2.45) is 0 Å².